The van der Waals surface area contributed by atoms with Gasteiger partial charge in [-0.2, -0.15) is 13.2 Å². The van der Waals surface area contributed by atoms with Gasteiger partial charge in [0.1, 0.15) is 0 Å². The van der Waals surface area contributed by atoms with Crippen LogP contribution in [0.4, 0.5) is 13.2 Å². The Kier molecular flexibility index (Phi) is 8.70. The molecule has 40 heavy (non-hydrogen) atoms. The number of carbonyl (C=O) groups is 1. The molecule has 0 radical (unpaired) electrons. The monoisotopic (exact) mass is 561 g/mol. The predicted molar refractivity (Wildman–Crippen MR) is 151 cm³/mol. The largest absolute Gasteiger partial charge is 0.416 e. The third-order valence-corrected chi connectivity index (χ3v) is 7.61. The first-order chi connectivity index (χ1) is 19.1. The maximum atomic E-state index is 13.0. The highest BCUT2D eigenvalue weighted by molar-refractivity contribution is 7.90. The maximum absolute atomic E-state index is 13.0. The van der Waals surface area contributed by atoms with Gasteiger partial charge in [-0.25, -0.2) is 13.1 Å². The van der Waals surface area contributed by atoms with Crippen LogP contribution in [0, 0.1) is 0 Å². The van der Waals surface area contributed by atoms with Gasteiger partial charge in [0.2, 0.25) is 0 Å². The molecule has 4 rings (SSSR count). The summed E-state index contributed by atoms with van der Waals surface area (Å²) < 4.78 is 65.6. The van der Waals surface area contributed by atoms with Gasteiger partial charge >= 0.3 is 6.18 Å². The van der Waals surface area contributed by atoms with Crippen LogP contribution in [0.1, 0.15) is 40.7 Å². The lowest BCUT2D eigenvalue weighted by atomic mass is 9.81. The highest BCUT2D eigenvalue weighted by Crippen LogP contribution is 2.38. The van der Waals surface area contributed by atoms with E-state index in [0.29, 0.717) is 11.6 Å². The second-order valence-corrected chi connectivity index (χ2v) is 10.6. The molecule has 1 atom stereocenters. The molecule has 0 saturated carbocycles. The summed E-state index contributed by atoms with van der Waals surface area (Å²) in [5, 5.41) is 0. The second kappa shape index (κ2) is 12.2. The summed E-state index contributed by atoms with van der Waals surface area (Å²) in [6.45, 7) is 2.00. The Hall–Kier alpha value is -4.43. The Bertz CT molecular complexity index is 1630. The average molecular weight is 562 g/mol. The number of sulfonamides is 1. The molecule has 0 saturated heterocycles. The van der Waals surface area contributed by atoms with Gasteiger partial charge in [0.05, 0.1) is 10.5 Å². The summed E-state index contributed by atoms with van der Waals surface area (Å²) in [4.78, 5) is 11.7. The van der Waals surface area contributed by atoms with Crippen molar-refractivity contribution in [2.75, 3.05) is 0 Å². The van der Waals surface area contributed by atoms with Gasteiger partial charge in [0.15, 0.2) is 0 Å². The van der Waals surface area contributed by atoms with Crippen molar-refractivity contribution in [1.29, 1.82) is 0 Å². The number of carbonyl (C=O) groups excluding carboxylic acids is 1. The SMILES string of the molecule is CC=C(c1ccccc1)C(c1ccccc1)c1ccc(C=CC(=O)NS(=O)(=O)c2cccc(C(F)(F)F)c2)cc1. The minimum atomic E-state index is -4.71. The molecular weight excluding hydrogens is 535 g/mol. The van der Waals surface area contributed by atoms with E-state index in [2.05, 4.69) is 30.3 Å². The molecule has 1 N–H and O–H groups in total. The molecule has 0 fully saturated rings. The molecular formula is C32H26F3NO3S. The fraction of sp³-hybridized carbons (Fsp3) is 0.0938. The summed E-state index contributed by atoms with van der Waals surface area (Å²) in [5.74, 6) is -1.03. The molecule has 4 aromatic carbocycles. The number of hydrogen-bond donors (Lipinski definition) is 1. The van der Waals surface area contributed by atoms with Crippen LogP contribution in [0.5, 0.6) is 0 Å². The molecule has 0 aliphatic rings. The van der Waals surface area contributed by atoms with Crippen molar-refractivity contribution in [3.63, 3.8) is 0 Å². The van der Waals surface area contributed by atoms with Crippen LogP contribution in [0.25, 0.3) is 11.6 Å². The van der Waals surface area contributed by atoms with Gasteiger partial charge in [-0.05, 0) is 59.0 Å². The molecule has 0 aliphatic heterocycles. The molecule has 1 unspecified atom stereocenters. The van der Waals surface area contributed by atoms with Gasteiger partial charge < -0.3 is 0 Å². The first-order valence-corrected chi connectivity index (χ1v) is 13.9. The average Bonchev–Trinajstić information content (AvgIpc) is 2.95. The minimum Gasteiger partial charge on any atom is -0.269 e. The standard InChI is InChI=1S/C32H26F3NO3S/c1-2-29(24-10-5-3-6-11-24)31(25-12-7-4-8-13-25)26-19-16-23(17-20-26)18-21-30(37)36-40(38,39)28-15-9-14-27(22-28)32(33,34)35/h2-22,31H,1H3,(H,36,37). The topological polar surface area (TPSA) is 63.2 Å². The van der Waals surface area contributed by atoms with Gasteiger partial charge in [-0.1, -0.05) is 97.1 Å². The van der Waals surface area contributed by atoms with Crippen LogP contribution in [0.3, 0.4) is 0 Å². The van der Waals surface area contributed by atoms with E-state index in [0.717, 1.165) is 46.5 Å². The number of halogens is 3. The van der Waals surface area contributed by atoms with Crippen molar-refractivity contribution in [2.24, 2.45) is 0 Å². The summed E-state index contributed by atoms with van der Waals surface area (Å²) in [6.07, 6.45) is -0.159. The molecule has 0 bridgehead atoms. The zero-order valence-electron chi connectivity index (χ0n) is 21.5. The third-order valence-electron chi connectivity index (χ3n) is 6.27. The Balaban J connectivity index is 1.54. The van der Waals surface area contributed by atoms with E-state index in [1.165, 1.54) is 6.08 Å². The van der Waals surface area contributed by atoms with Crippen molar-refractivity contribution in [2.45, 2.75) is 23.9 Å². The van der Waals surface area contributed by atoms with E-state index in [4.69, 9.17) is 0 Å². The summed E-state index contributed by atoms with van der Waals surface area (Å²) in [6, 6.07) is 30.9. The molecule has 4 aromatic rings. The van der Waals surface area contributed by atoms with Crippen LogP contribution in [0.2, 0.25) is 0 Å². The highest BCUT2D eigenvalue weighted by Gasteiger charge is 2.31. The number of hydrogen-bond acceptors (Lipinski definition) is 3. The number of alkyl halides is 3. The number of amides is 1. The van der Waals surface area contributed by atoms with Gasteiger partial charge in [0, 0.05) is 12.0 Å². The Morgan fingerprint density at radius 1 is 0.800 bits per heavy atom. The fourth-order valence-corrected chi connectivity index (χ4v) is 5.35. The lowest BCUT2D eigenvalue weighted by molar-refractivity contribution is -0.137. The molecule has 4 nitrogen and oxygen atoms in total. The highest BCUT2D eigenvalue weighted by atomic mass is 32.2. The van der Waals surface area contributed by atoms with E-state index in [1.54, 1.807) is 4.72 Å². The van der Waals surface area contributed by atoms with Crippen molar-refractivity contribution in [1.82, 2.24) is 4.72 Å². The van der Waals surface area contributed by atoms with E-state index in [9.17, 15) is 26.4 Å². The lowest BCUT2D eigenvalue weighted by Crippen LogP contribution is -2.29. The van der Waals surface area contributed by atoms with Crippen molar-refractivity contribution >= 4 is 27.6 Å². The number of benzene rings is 4. The van der Waals surface area contributed by atoms with Gasteiger partial charge in [0.25, 0.3) is 15.9 Å². The van der Waals surface area contributed by atoms with Crippen molar-refractivity contribution in [3.8, 4) is 0 Å². The zero-order valence-corrected chi connectivity index (χ0v) is 22.3. The van der Waals surface area contributed by atoms with Crippen LogP contribution >= 0.6 is 0 Å². The minimum absolute atomic E-state index is 0.0486. The molecule has 8 heteroatoms. The van der Waals surface area contributed by atoms with E-state index < -0.39 is 32.6 Å². The third kappa shape index (κ3) is 6.95. The van der Waals surface area contributed by atoms with Crippen LogP contribution in [-0.4, -0.2) is 14.3 Å². The van der Waals surface area contributed by atoms with Gasteiger partial charge in [-0.3, -0.25) is 4.79 Å². The molecule has 0 heterocycles. The Morgan fingerprint density at radius 2 is 1.40 bits per heavy atom. The molecule has 0 spiro atoms. The fourth-order valence-electron chi connectivity index (χ4n) is 4.36. The summed E-state index contributed by atoms with van der Waals surface area (Å²) >= 11 is 0. The molecule has 0 aliphatic carbocycles. The van der Waals surface area contributed by atoms with Crippen LogP contribution < -0.4 is 4.72 Å². The van der Waals surface area contributed by atoms with E-state index in [-0.39, 0.29) is 5.92 Å². The first-order valence-electron chi connectivity index (χ1n) is 12.4. The number of nitrogens with one attached hydrogen (secondary N) is 1. The summed E-state index contributed by atoms with van der Waals surface area (Å²) in [7, 11) is -4.49. The predicted octanol–water partition coefficient (Wildman–Crippen LogP) is 7.46. The van der Waals surface area contributed by atoms with E-state index in [1.807, 2.05) is 67.6 Å². The second-order valence-electron chi connectivity index (χ2n) is 8.95. The lowest BCUT2D eigenvalue weighted by Gasteiger charge is -2.22. The van der Waals surface area contributed by atoms with Crippen molar-refractivity contribution < 1.29 is 26.4 Å². The smallest absolute Gasteiger partial charge is 0.269 e. The number of allylic oxidation sites excluding steroid dienone is 2. The normalized spacial score (nSPS) is 13.2. The van der Waals surface area contributed by atoms with E-state index >= 15 is 0 Å². The van der Waals surface area contributed by atoms with Crippen molar-refractivity contribution in [3.05, 3.63) is 149 Å². The molecule has 0 aromatic heterocycles. The van der Waals surface area contributed by atoms with Crippen LogP contribution in [0.15, 0.2) is 126 Å². The van der Waals surface area contributed by atoms with Gasteiger partial charge in [-0.15, -0.1) is 0 Å². The quantitative estimate of drug-likeness (QED) is 0.227. The molecule has 204 valence electrons. The number of rotatable bonds is 8. The molecule has 1 amide bonds. The van der Waals surface area contributed by atoms with Crippen LogP contribution in [-0.2, 0) is 21.0 Å². The Labute approximate surface area is 231 Å². The zero-order chi connectivity index (χ0) is 28.8. The summed E-state index contributed by atoms with van der Waals surface area (Å²) in [5.41, 5.74) is 3.89. The maximum Gasteiger partial charge on any atom is 0.416 e. The Morgan fingerprint density at radius 3 is 2.00 bits per heavy atom. The first kappa shape index (κ1) is 28.6.